The monoisotopic (exact) mass is 385 g/mol. The Morgan fingerprint density at radius 2 is 2.07 bits per heavy atom. The number of carbonyl (C=O) groups excluding carboxylic acids is 2. The minimum Gasteiger partial charge on any atom is -0.464 e. The lowest BCUT2D eigenvalue weighted by Gasteiger charge is -2.06. The number of hydrogen-bond donors (Lipinski definition) is 2. The lowest BCUT2D eigenvalue weighted by atomic mass is 10.3. The van der Waals surface area contributed by atoms with Gasteiger partial charge in [-0.1, -0.05) is 12.1 Å². The van der Waals surface area contributed by atoms with Crippen molar-refractivity contribution >= 4 is 23.2 Å². The second kappa shape index (κ2) is 7.57. The van der Waals surface area contributed by atoms with Crippen LogP contribution in [0, 0.1) is 10.1 Å². The zero-order chi connectivity index (χ0) is 20.3. The van der Waals surface area contributed by atoms with Crippen LogP contribution in [0.1, 0.15) is 21.0 Å². The molecule has 3 aromatic rings. The number of nitro groups is 1. The molecule has 3 rings (SSSR count). The van der Waals surface area contributed by atoms with E-state index in [0.29, 0.717) is 0 Å². The molecule has 0 aliphatic rings. The topological polar surface area (TPSA) is 160 Å². The van der Waals surface area contributed by atoms with Crippen molar-refractivity contribution in [1.82, 2.24) is 19.6 Å². The van der Waals surface area contributed by atoms with Gasteiger partial charge in [0.05, 0.1) is 16.8 Å². The Bertz CT molecular complexity index is 1060. The molecule has 0 unspecified atom stereocenters. The number of ether oxygens (including phenoxy) is 1. The van der Waals surface area contributed by atoms with Crippen molar-refractivity contribution in [3.8, 4) is 5.75 Å². The zero-order valence-electron chi connectivity index (χ0n) is 14.6. The highest BCUT2D eigenvalue weighted by Crippen LogP contribution is 2.26. The highest BCUT2D eigenvalue weighted by Gasteiger charge is 2.18. The van der Waals surface area contributed by atoms with Gasteiger partial charge in [-0.15, -0.1) is 0 Å². The molecule has 0 aliphatic heterocycles. The van der Waals surface area contributed by atoms with Crippen LogP contribution < -0.4 is 15.8 Å². The Balaban J connectivity index is 1.68. The molecule has 0 radical (unpaired) electrons. The number of benzene rings is 1. The SMILES string of the molecule is Cn1ncc(NC(=O)c2ccn(COc3ccccc3[N+](=O)[O-])n2)c1C(N)=O. The standard InChI is InChI=1S/C16H15N7O5/c1-21-14(15(17)24)11(8-18-21)19-16(25)10-6-7-22(20-10)9-28-13-5-3-2-4-12(13)23(26)27/h2-8H,9H2,1H3,(H2,17,24)(H,19,25). The van der Waals surface area contributed by atoms with Crippen LogP contribution in [0.3, 0.4) is 0 Å². The molecule has 0 atom stereocenters. The molecular weight excluding hydrogens is 370 g/mol. The third-order valence-electron chi connectivity index (χ3n) is 3.71. The van der Waals surface area contributed by atoms with E-state index in [0.717, 1.165) is 0 Å². The van der Waals surface area contributed by atoms with E-state index in [2.05, 4.69) is 15.5 Å². The lowest BCUT2D eigenvalue weighted by molar-refractivity contribution is -0.386. The van der Waals surface area contributed by atoms with Crippen LogP contribution in [0.15, 0.2) is 42.7 Å². The molecule has 12 nitrogen and oxygen atoms in total. The van der Waals surface area contributed by atoms with Crippen LogP contribution in [0.25, 0.3) is 0 Å². The number of nitrogens with zero attached hydrogens (tertiary/aromatic N) is 5. The van der Waals surface area contributed by atoms with Crippen LogP contribution in [0.5, 0.6) is 5.75 Å². The second-order valence-corrected chi connectivity index (χ2v) is 5.59. The van der Waals surface area contributed by atoms with E-state index in [-0.39, 0.29) is 35.2 Å². The zero-order valence-corrected chi connectivity index (χ0v) is 14.6. The van der Waals surface area contributed by atoms with Crippen molar-refractivity contribution in [2.75, 3.05) is 5.32 Å². The first-order chi connectivity index (χ1) is 13.4. The summed E-state index contributed by atoms with van der Waals surface area (Å²) < 4.78 is 7.95. The fourth-order valence-electron chi connectivity index (χ4n) is 2.43. The third kappa shape index (κ3) is 3.80. The molecule has 2 aromatic heterocycles. The summed E-state index contributed by atoms with van der Waals surface area (Å²) in [6.07, 6.45) is 2.77. The number of nitro benzene ring substituents is 1. The second-order valence-electron chi connectivity index (χ2n) is 5.59. The normalized spacial score (nSPS) is 10.5. The molecule has 0 spiro atoms. The average Bonchev–Trinajstić information content (AvgIpc) is 3.27. The Morgan fingerprint density at radius 1 is 1.32 bits per heavy atom. The van der Waals surface area contributed by atoms with Crippen LogP contribution in [-0.4, -0.2) is 36.3 Å². The highest BCUT2D eigenvalue weighted by molar-refractivity contribution is 6.07. The first-order valence-corrected chi connectivity index (χ1v) is 7.89. The summed E-state index contributed by atoms with van der Waals surface area (Å²) in [5, 5.41) is 21.4. The summed E-state index contributed by atoms with van der Waals surface area (Å²) in [7, 11) is 1.52. The van der Waals surface area contributed by atoms with Gasteiger partial charge in [0, 0.05) is 19.3 Å². The van der Waals surface area contributed by atoms with Gasteiger partial charge in [-0.3, -0.25) is 24.4 Å². The van der Waals surface area contributed by atoms with Gasteiger partial charge in [-0.05, 0) is 12.1 Å². The maximum atomic E-state index is 12.3. The molecule has 144 valence electrons. The van der Waals surface area contributed by atoms with Crippen molar-refractivity contribution in [2.45, 2.75) is 6.73 Å². The van der Waals surface area contributed by atoms with Gasteiger partial charge in [0.2, 0.25) is 0 Å². The Kier molecular flexibility index (Phi) is 5.02. The smallest absolute Gasteiger partial charge is 0.311 e. The summed E-state index contributed by atoms with van der Waals surface area (Å²) in [6.45, 7) is -0.141. The predicted molar refractivity (Wildman–Crippen MR) is 95.6 cm³/mol. The van der Waals surface area contributed by atoms with E-state index in [1.165, 1.54) is 53.1 Å². The Labute approximate surface area is 157 Å². The number of rotatable bonds is 7. The van der Waals surface area contributed by atoms with Crippen molar-refractivity contribution in [3.63, 3.8) is 0 Å². The fraction of sp³-hybridized carbons (Fsp3) is 0.125. The summed E-state index contributed by atoms with van der Waals surface area (Å²) in [6, 6.07) is 7.34. The largest absolute Gasteiger partial charge is 0.464 e. The predicted octanol–water partition coefficient (Wildman–Crippen LogP) is 0.913. The van der Waals surface area contributed by atoms with Crippen LogP contribution in [0.2, 0.25) is 0 Å². The van der Waals surface area contributed by atoms with E-state index in [1.807, 2.05) is 0 Å². The number of hydrogen-bond acceptors (Lipinski definition) is 7. The molecule has 0 aliphatic carbocycles. The maximum absolute atomic E-state index is 12.3. The number of nitrogens with one attached hydrogen (secondary N) is 1. The van der Waals surface area contributed by atoms with Crippen LogP contribution in [-0.2, 0) is 13.8 Å². The molecule has 0 fully saturated rings. The van der Waals surface area contributed by atoms with E-state index >= 15 is 0 Å². The number of primary amides is 1. The van der Waals surface area contributed by atoms with Gasteiger partial charge in [-0.25, -0.2) is 4.68 Å². The number of aromatic nitrogens is 4. The summed E-state index contributed by atoms with van der Waals surface area (Å²) in [4.78, 5) is 34.2. The van der Waals surface area contributed by atoms with Crippen LogP contribution >= 0.6 is 0 Å². The fourth-order valence-corrected chi connectivity index (χ4v) is 2.43. The Morgan fingerprint density at radius 3 is 2.79 bits per heavy atom. The molecule has 1 aromatic carbocycles. The van der Waals surface area contributed by atoms with E-state index < -0.39 is 16.7 Å². The van der Waals surface area contributed by atoms with Crippen molar-refractivity contribution < 1.29 is 19.2 Å². The van der Waals surface area contributed by atoms with Gasteiger partial charge in [-0.2, -0.15) is 10.2 Å². The summed E-state index contributed by atoms with van der Waals surface area (Å²) in [5.74, 6) is -1.24. The van der Waals surface area contributed by atoms with Gasteiger partial charge in [0.1, 0.15) is 5.69 Å². The molecule has 0 bridgehead atoms. The quantitative estimate of drug-likeness (QED) is 0.451. The average molecular weight is 385 g/mol. The number of para-hydroxylation sites is 2. The van der Waals surface area contributed by atoms with Crippen molar-refractivity contribution in [1.29, 1.82) is 0 Å². The molecule has 12 heteroatoms. The highest BCUT2D eigenvalue weighted by atomic mass is 16.6. The number of nitrogens with two attached hydrogens (primary N) is 1. The van der Waals surface area contributed by atoms with Gasteiger partial charge < -0.3 is 15.8 Å². The molecule has 28 heavy (non-hydrogen) atoms. The minimum atomic E-state index is -0.737. The summed E-state index contributed by atoms with van der Waals surface area (Å²) in [5.41, 5.74) is 5.35. The molecule has 3 N–H and O–H groups in total. The van der Waals surface area contributed by atoms with E-state index in [1.54, 1.807) is 6.07 Å². The third-order valence-corrected chi connectivity index (χ3v) is 3.71. The Hall–Kier alpha value is -4.22. The number of aryl methyl sites for hydroxylation is 1. The summed E-state index contributed by atoms with van der Waals surface area (Å²) >= 11 is 0. The van der Waals surface area contributed by atoms with E-state index in [9.17, 15) is 19.7 Å². The molecule has 0 saturated carbocycles. The van der Waals surface area contributed by atoms with Crippen LogP contribution in [0.4, 0.5) is 11.4 Å². The number of carbonyl (C=O) groups is 2. The molecule has 0 saturated heterocycles. The minimum absolute atomic E-state index is 0.0467. The first kappa shape index (κ1) is 18.6. The number of amides is 2. The molecule has 2 heterocycles. The van der Waals surface area contributed by atoms with Gasteiger partial charge in [0.15, 0.2) is 18.2 Å². The maximum Gasteiger partial charge on any atom is 0.311 e. The van der Waals surface area contributed by atoms with Gasteiger partial charge in [0.25, 0.3) is 11.8 Å². The van der Waals surface area contributed by atoms with E-state index in [4.69, 9.17) is 10.5 Å². The van der Waals surface area contributed by atoms with Gasteiger partial charge >= 0.3 is 5.69 Å². The first-order valence-electron chi connectivity index (χ1n) is 7.89. The van der Waals surface area contributed by atoms with Crippen molar-refractivity contribution in [2.24, 2.45) is 12.8 Å². The lowest BCUT2D eigenvalue weighted by Crippen LogP contribution is -2.20. The number of anilines is 1. The van der Waals surface area contributed by atoms with Crippen molar-refractivity contribution in [3.05, 3.63) is 64.2 Å². The molecule has 2 amide bonds. The molecular formula is C16H15N7O5.